The van der Waals surface area contributed by atoms with Crippen LogP contribution < -0.4 is 11.1 Å². The van der Waals surface area contributed by atoms with Gasteiger partial charge in [-0.1, -0.05) is 13.8 Å². The van der Waals surface area contributed by atoms with E-state index in [0.717, 1.165) is 5.69 Å². The Balaban J connectivity index is 2.22. The number of nitrogens with one attached hydrogen (secondary N) is 1. The van der Waals surface area contributed by atoms with Gasteiger partial charge in [0.25, 0.3) is 5.91 Å². The summed E-state index contributed by atoms with van der Waals surface area (Å²) in [6.07, 6.45) is 2.98. The van der Waals surface area contributed by atoms with Crippen LogP contribution in [0.3, 0.4) is 0 Å². The minimum absolute atomic E-state index is 0.192. The lowest BCUT2D eigenvalue weighted by Gasteiger charge is -2.09. The number of halogens is 1. The smallest absolute Gasteiger partial charge is 0.257 e. The maximum absolute atomic E-state index is 12.2. The first kappa shape index (κ1) is 14.4. The summed E-state index contributed by atoms with van der Waals surface area (Å²) < 4.78 is 0.603. The summed E-state index contributed by atoms with van der Waals surface area (Å²) in [5, 5.41) is 2.66. The molecule has 0 atom stereocenters. The summed E-state index contributed by atoms with van der Waals surface area (Å²) in [4.78, 5) is 24.4. The van der Waals surface area contributed by atoms with Crippen molar-refractivity contribution >= 4 is 33.5 Å². The van der Waals surface area contributed by atoms with E-state index in [2.05, 4.69) is 36.2 Å². The molecule has 2 rings (SSSR count). The van der Waals surface area contributed by atoms with Crippen LogP contribution in [0.2, 0.25) is 0 Å². The zero-order valence-electron chi connectivity index (χ0n) is 11.1. The predicted octanol–water partition coefficient (Wildman–Crippen LogP) is 2.59. The van der Waals surface area contributed by atoms with E-state index in [1.54, 1.807) is 6.07 Å². The normalized spacial score (nSPS) is 10.6. The number of nitrogens with zero attached hydrogens (tertiary/aromatic N) is 3. The Morgan fingerprint density at radius 2 is 2.05 bits per heavy atom. The molecule has 0 aliphatic carbocycles. The third-order valence-electron chi connectivity index (χ3n) is 2.58. The van der Waals surface area contributed by atoms with Crippen molar-refractivity contribution < 1.29 is 4.79 Å². The Labute approximate surface area is 125 Å². The van der Waals surface area contributed by atoms with E-state index in [1.807, 2.05) is 13.8 Å². The van der Waals surface area contributed by atoms with E-state index in [9.17, 15) is 4.79 Å². The quantitative estimate of drug-likeness (QED) is 0.898. The second-order valence-electron chi connectivity index (χ2n) is 4.54. The average Bonchev–Trinajstić information content (AvgIpc) is 2.40. The van der Waals surface area contributed by atoms with Gasteiger partial charge in [0.15, 0.2) is 5.82 Å². The third kappa shape index (κ3) is 3.51. The minimum atomic E-state index is -0.294. The maximum Gasteiger partial charge on any atom is 0.257 e. The topological polar surface area (TPSA) is 93.8 Å². The highest BCUT2D eigenvalue weighted by molar-refractivity contribution is 9.10. The number of amides is 1. The molecule has 104 valence electrons. The summed E-state index contributed by atoms with van der Waals surface area (Å²) in [5.41, 5.74) is 6.95. The highest BCUT2D eigenvalue weighted by Crippen LogP contribution is 2.17. The SMILES string of the molecule is CC(C)c1cc(C(=O)Nc2cnc(Br)cn2)cc(N)n1. The number of carbonyl (C=O) groups excluding carboxylic acids is 1. The van der Waals surface area contributed by atoms with Crippen molar-refractivity contribution in [3.05, 3.63) is 40.4 Å². The van der Waals surface area contributed by atoms with Gasteiger partial charge < -0.3 is 11.1 Å². The van der Waals surface area contributed by atoms with Gasteiger partial charge in [0.1, 0.15) is 10.4 Å². The van der Waals surface area contributed by atoms with Gasteiger partial charge in [-0.05, 0) is 34.0 Å². The Hall–Kier alpha value is -2.02. The van der Waals surface area contributed by atoms with Gasteiger partial charge in [0, 0.05) is 11.3 Å². The fourth-order valence-corrected chi connectivity index (χ4v) is 1.77. The molecule has 3 N–H and O–H groups in total. The van der Waals surface area contributed by atoms with Gasteiger partial charge in [-0.15, -0.1) is 0 Å². The lowest BCUT2D eigenvalue weighted by molar-refractivity contribution is 0.102. The maximum atomic E-state index is 12.2. The molecular weight excluding hydrogens is 322 g/mol. The Kier molecular flexibility index (Phi) is 4.29. The van der Waals surface area contributed by atoms with Crippen molar-refractivity contribution in [3.63, 3.8) is 0 Å². The van der Waals surface area contributed by atoms with E-state index in [1.165, 1.54) is 18.5 Å². The highest BCUT2D eigenvalue weighted by Gasteiger charge is 2.11. The molecule has 2 aromatic rings. The molecule has 20 heavy (non-hydrogen) atoms. The van der Waals surface area contributed by atoms with E-state index in [-0.39, 0.29) is 11.8 Å². The van der Waals surface area contributed by atoms with Gasteiger partial charge in [-0.2, -0.15) is 0 Å². The number of hydrogen-bond donors (Lipinski definition) is 2. The molecular formula is C13H14BrN5O. The van der Waals surface area contributed by atoms with Crippen LogP contribution >= 0.6 is 15.9 Å². The summed E-state index contributed by atoms with van der Waals surface area (Å²) in [7, 11) is 0. The number of anilines is 2. The predicted molar refractivity (Wildman–Crippen MR) is 80.4 cm³/mol. The van der Waals surface area contributed by atoms with Crippen molar-refractivity contribution in [2.24, 2.45) is 0 Å². The summed E-state index contributed by atoms with van der Waals surface area (Å²) >= 11 is 3.18. The first-order valence-corrected chi connectivity index (χ1v) is 6.81. The van der Waals surface area contributed by atoms with Crippen LogP contribution in [0.25, 0.3) is 0 Å². The number of hydrogen-bond acceptors (Lipinski definition) is 5. The minimum Gasteiger partial charge on any atom is -0.384 e. The monoisotopic (exact) mass is 335 g/mol. The number of carbonyl (C=O) groups is 1. The molecule has 0 radical (unpaired) electrons. The zero-order chi connectivity index (χ0) is 14.7. The molecule has 0 fully saturated rings. The van der Waals surface area contributed by atoms with E-state index in [0.29, 0.717) is 21.8 Å². The summed E-state index contributed by atoms with van der Waals surface area (Å²) in [6.45, 7) is 3.98. The fraction of sp³-hybridized carbons (Fsp3) is 0.231. The van der Waals surface area contributed by atoms with Crippen LogP contribution in [0.15, 0.2) is 29.1 Å². The molecule has 0 spiro atoms. The Morgan fingerprint density at radius 3 is 2.65 bits per heavy atom. The molecule has 0 aliphatic rings. The lowest BCUT2D eigenvalue weighted by Crippen LogP contribution is -2.14. The largest absolute Gasteiger partial charge is 0.384 e. The van der Waals surface area contributed by atoms with Crippen LogP contribution in [0.1, 0.15) is 35.8 Å². The van der Waals surface area contributed by atoms with Crippen molar-refractivity contribution in [2.45, 2.75) is 19.8 Å². The standard InChI is InChI=1S/C13H14BrN5O/c1-7(2)9-3-8(4-11(15)18-9)13(20)19-12-6-16-10(14)5-17-12/h3-7H,1-2H3,(H2,15,18)(H,17,19,20). The van der Waals surface area contributed by atoms with Crippen molar-refractivity contribution in [3.8, 4) is 0 Å². The van der Waals surface area contributed by atoms with Gasteiger partial charge in [0.2, 0.25) is 0 Å². The molecule has 0 bridgehead atoms. The van der Waals surface area contributed by atoms with E-state index in [4.69, 9.17) is 5.73 Å². The van der Waals surface area contributed by atoms with Crippen molar-refractivity contribution in [1.29, 1.82) is 0 Å². The molecule has 0 saturated carbocycles. The molecule has 0 unspecified atom stereocenters. The number of nitrogens with two attached hydrogens (primary N) is 1. The number of nitrogen functional groups attached to an aromatic ring is 1. The molecule has 0 aromatic carbocycles. The van der Waals surface area contributed by atoms with Gasteiger partial charge in [0.05, 0.1) is 12.4 Å². The molecule has 2 aromatic heterocycles. The molecule has 0 saturated heterocycles. The third-order valence-corrected chi connectivity index (χ3v) is 2.99. The van der Waals surface area contributed by atoms with Crippen LogP contribution in [0, 0.1) is 0 Å². The summed E-state index contributed by atoms with van der Waals surface area (Å²) in [5.74, 6) is 0.595. The average molecular weight is 336 g/mol. The molecule has 0 aliphatic heterocycles. The van der Waals surface area contributed by atoms with Crippen molar-refractivity contribution in [1.82, 2.24) is 15.0 Å². The molecule has 2 heterocycles. The number of rotatable bonds is 3. The van der Waals surface area contributed by atoms with E-state index >= 15 is 0 Å². The Bertz CT molecular complexity index is 627. The van der Waals surface area contributed by atoms with Crippen LogP contribution in [0.4, 0.5) is 11.6 Å². The highest BCUT2D eigenvalue weighted by atomic mass is 79.9. The van der Waals surface area contributed by atoms with Gasteiger partial charge in [-0.3, -0.25) is 4.79 Å². The van der Waals surface area contributed by atoms with Crippen LogP contribution in [-0.4, -0.2) is 20.9 Å². The second kappa shape index (κ2) is 5.96. The van der Waals surface area contributed by atoms with Crippen molar-refractivity contribution in [2.75, 3.05) is 11.1 Å². The molecule has 1 amide bonds. The molecule has 7 heteroatoms. The zero-order valence-corrected chi connectivity index (χ0v) is 12.7. The number of aromatic nitrogens is 3. The van der Waals surface area contributed by atoms with Gasteiger partial charge >= 0.3 is 0 Å². The van der Waals surface area contributed by atoms with Gasteiger partial charge in [-0.25, -0.2) is 15.0 Å². The number of pyridine rings is 1. The lowest BCUT2D eigenvalue weighted by atomic mass is 10.1. The van der Waals surface area contributed by atoms with E-state index < -0.39 is 0 Å². The van der Waals surface area contributed by atoms with Crippen LogP contribution in [-0.2, 0) is 0 Å². The first-order valence-electron chi connectivity index (χ1n) is 6.02. The second-order valence-corrected chi connectivity index (χ2v) is 5.35. The summed E-state index contributed by atoms with van der Waals surface area (Å²) in [6, 6.07) is 3.26. The fourth-order valence-electron chi connectivity index (χ4n) is 1.57. The van der Waals surface area contributed by atoms with Crippen LogP contribution in [0.5, 0.6) is 0 Å². The first-order chi connectivity index (χ1) is 9.45. The molecule has 6 nitrogen and oxygen atoms in total. The Morgan fingerprint density at radius 1 is 1.30 bits per heavy atom.